The molecule has 2 aromatic heterocycles. The lowest BCUT2D eigenvalue weighted by Gasteiger charge is -1.88. The van der Waals surface area contributed by atoms with Crippen LogP contribution < -0.4 is 0 Å². The van der Waals surface area contributed by atoms with Crippen molar-refractivity contribution in [3.05, 3.63) is 39.7 Å². The second-order valence-electron chi connectivity index (χ2n) is 3.50. The average molecular weight is 304 g/mol. The van der Waals surface area contributed by atoms with Crippen LogP contribution in [0.3, 0.4) is 0 Å². The third-order valence-corrected chi connectivity index (χ3v) is 4.07. The summed E-state index contributed by atoms with van der Waals surface area (Å²) in [7, 11) is 0. The first-order valence-corrected chi connectivity index (χ1v) is 6.53. The maximum atomic E-state index is 9.01. The van der Waals surface area contributed by atoms with E-state index in [-0.39, 0.29) is 0 Å². The Morgan fingerprint density at radius 2 is 2.18 bits per heavy atom. The predicted octanol–water partition coefficient (Wildman–Crippen LogP) is 3.93. The van der Waals surface area contributed by atoms with Gasteiger partial charge < -0.3 is 4.98 Å². The Labute approximate surface area is 110 Å². The molecule has 17 heavy (non-hydrogen) atoms. The van der Waals surface area contributed by atoms with Crippen LogP contribution in [0, 0.1) is 11.3 Å². The fraction of sp³-hybridized carbons (Fsp3) is 0. The number of aromatic nitrogens is 2. The molecule has 5 heteroatoms. The Bertz CT molecular complexity index is 736. The standard InChI is InChI=1S/C12H6BrN3S/c13-10-5-4-9(17-10)12-15-8-3-1-2-7(6-14)11(8)16-12/h1-5H,(H,15,16). The minimum atomic E-state index is 0.598. The summed E-state index contributed by atoms with van der Waals surface area (Å²) >= 11 is 5.04. The molecule has 0 aliphatic carbocycles. The number of hydrogen-bond acceptors (Lipinski definition) is 3. The molecule has 0 radical (unpaired) electrons. The van der Waals surface area contributed by atoms with E-state index in [1.165, 1.54) is 0 Å². The number of hydrogen-bond donors (Lipinski definition) is 1. The number of benzene rings is 1. The number of imidazole rings is 1. The van der Waals surface area contributed by atoms with Gasteiger partial charge in [-0.25, -0.2) is 4.98 Å². The minimum absolute atomic E-state index is 0.598. The van der Waals surface area contributed by atoms with E-state index in [0.29, 0.717) is 5.56 Å². The van der Waals surface area contributed by atoms with Crippen molar-refractivity contribution in [2.24, 2.45) is 0 Å². The van der Waals surface area contributed by atoms with Gasteiger partial charge in [-0.1, -0.05) is 6.07 Å². The van der Waals surface area contributed by atoms with Crippen LogP contribution in [0.2, 0.25) is 0 Å². The molecule has 1 N–H and O–H groups in total. The summed E-state index contributed by atoms with van der Waals surface area (Å²) in [6.45, 7) is 0. The van der Waals surface area contributed by atoms with E-state index in [4.69, 9.17) is 5.26 Å². The van der Waals surface area contributed by atoms with Crippen LogP contribution in [0.1, 0.15) is 5.56 Å². The lowest BCUT2D eigenvalue weighted by atomic mass is 10.2. The normalized spacial score (nSPS) is 10.6. The van der Waals surface area contributed by atoms with E-state index in [0.717, 1.165) is 25.5 Å². The summed E-state index contributed by atoms with van der Waals surface area (Å²) in [5.41, 5.74) is 2.22. The molecule has 0 saturated heterocycles. The van der Waals surface area contributed by atoms with Crippen molar-refractivity contribution < 1.29 is 0 Å². The number of aromatic amines is 1. The Morgan fingerprint density at radius 3 is 2.88 bits per heavy atom. The van der Waals surface area contributed by atoms with Crippen molar-refractivity contribution in [1.82, 2.24) is 9.97 Å². The first kappa shape index (κ1) is 10.5. The first-order valence-electron chi connectivity index (χ1n) is 4.92. The Morgan fingerprint density at radius 1 is 1.29 bits per heavy atom. The smallest absolute Gasteiger partial charge is 0.148 e. The summed E-state index contributed by atoms with van der Waals surface area (Å²) in [6.07, 6.45) is 0. The van der Waals surface area contributed by atoms with E-state index in [9.17, 15) is 0 Å². The molecule has 0 fully saturated rings. The molecular formula is C12H6BrN3S. The number of para-hydroxylation sites is 1. The summed E-state index contributed by atoms with van der Waals surface area (Å²) in [5.74, 6) is 0.804. The number of thiophene rings is 1. The lowest BCUT2D eigenvalue weighted by molar-refractivity contribution is 1.36. The van der Waals surface area contributed by atoms with Crippen molar-refractivity contribution in [2.45, 2.75) is 0 Å². The van der Waals surface area contributed by atoms with E-state index in [1.54, 1.807) is 17.4 Å². The van der Waals surface area contributed by atoms with Gasteiger partial charge in [-0.3, -0.25) is 0 Å². The molecule has 2 heterocycles. The second kappa shape index (κ2) is 3.99. The number of H-pyrrole nitrogens is 1. The van der Waals surface area contributed by atoms with Gasteiger partial charge >= 0.3 is 0 Å². The van der Waals surface area contributed by atoms with Gasteiger partial charge in [0.2, 0.25) is 0 Å². The average Bonchev–Trinajstić information content (AvgIpc) is 2.93. The van der Waals surface area contributed by atoms with Gasteiger partial charge in [0.25, 0.3) is 0 Å². The van der Waals surface area contributed by atoms with E-state index < -0.39 is 0 Å². The predicted molar refractivity (Wildman–Crippen MR) is 71.8 cm³/mol. The number of halogens is 1. The molecule has 0 atom stereocenters. The molecule has 1 aromatic carbocycles. The molecule has 3 aromatic rings. The molecule has 0 aliphatic rings. The zero-order valence-electron chi connectivity index (χ0n) is 8.57. The molecule has 0 bridgehead atoms. The Balaban J connectivity index is 2.24. The number of nitriles is 1. The largest absolute Gasteiger partial charge is 0.337 e. The van der Waals surface area contributed by atoms with Gasteiger partial charge in [0.15, 0.2) is 0 Å². The van der Waals surface area contributed by atoms with Gasteiger partial charge in [0, 0.05) is 0 Å². The number of nitrogens with one attached hydrogen (secondary N) is 1. The van der Waals surface area contributed by atoms with Crippen LogP contribution in [0.4, 0.5) is 0 Å². The van der Waals surface area contributed by atoms with Crippen LogP contribution in [0.15, 0.2) is 34.1 Å². The van der Waals surface area contributed by atoms with Gasteiger partial charge in [0.1, 0.15) is 17.4 Å². The molecule has 3 nitrogen and oxygen atoms in total. The van der Waals surface area contributed by atoms with Crippen LogP contribution in [0.25, 0.3) is 21.7 Å². The fourth-order valence-electron chi connectivity index (χ4n) is 1.68. The van der Waals surface area contributed by atoms with Crippen molar-refractivity contribution in [3.63, 3.8) is 0 Å². The van der Waals surface area contributed by atoms with Crippen LogP contribution in [-0.4, -0.2) is 9.97 Å². The molecule has 0 saturated carbocycles. The van der Waals surface area contributed by atoms with Crippen LogP contribution >= 0.6 is 27.3 Å². The van der Waals surface area contributed by atoms with Crippen molar-refractivity contribution >= 4 is 38.3 Å². The quantitative estimate of drug-likeness (QED) is 0.740. The number of rotatable bonds is 1. The highest BCUT2D eigenvalue weighted by Crippen LogP contribution is 2.31. The maximum absolute atomic E-state index is 9.01. The van der Waals surface area contributed by atoms with Crippen LogP contribution in [-0.2, 0) is 0 Å². The summed E-state index contributed by atoms with van der Waals surface area (Å²) in [5, 5.41) is 9.01. The Kier molecular flexibility index (Phi) is 2.46. The minimum Gasteiger partial charge on any atom is -0.337 e. The summed E-state index contributed by atoms with van der Waals surface area (Å²) < 4.78 is 1.06. The molecule has 0 aliphatic heterocycles. The Hall–Kier alpha value is -1.64. The monoisotopic (exact) mass is 303 g/mol. The van der Waals surface area contributed by atoms with Gasteiger partial charge in [-0.05, 0) is 40.2 Å². The third kappa shape index (κ3) is 1.75. The topological polar surface area (TPSA) is 52.5 Å². The lowest BCUT2D eigenvalue weighted by Crippen LogP contribution is -1.76. The maximum Gasteiger partial charge on any atom is 0.148 e. The summed E-state index contributed by atoms with van der Waals surface area (Å²) in [4.78, 5) is 8.76. The van der Waals surface area contributed by atoms with Crippen molar-refractivity contribution in [2.75, 3.05) is 0 Å². The van der Waals surface area contributed by atoms with Gasteiger partial charge in [-0.2, -0.15) is 5.26 Å². The second-order valence-corrected chi connectivity index (χ2v) is 5.97. The summed E-state index contributed by atoms with van der Waals surface area (Å²) in [6, 6.07) is 11.7. The first-order chi connectivity index (χ1) is 8.28. The van der Waals surface area contributed by atoms with E-state index in [1.807, 2.05) is 24.3 Å². The zero-order valence-corrected chi connectivity index (χ0v) is 11.0. The number of fused-ring (bicyclic) bond motifs is 1. The highest BCUT2D eigenvalue weighted by molar-refractivity contribution is 9.11. The fourth-order valence-corrected chi connectivity index (χ4v) is 3.01. The van der Waals surface area contributed by atoms with Crippen molar-refractivity contribution in [3.8, 4) is 16.8 Å². The highest BCUT2D eigenvalue weighted by Gasteiger charge is 2.09. The highest BCUT2D eigenvalue weighted by atomic mass is 79.9. The van der Waals surface area contributed by atoms with Crippen LogP contribution in [0.5, 0.6) is 0 Å². The zero-order chi connectivity index (χ0) is 11.8. The van der Waals surface area contributed by atoms with Gasteiger partial charge in [-0.15, -0.1) is 11.3 Å². The van der Waals surface area contributed by atoms with E-state index >= 15 is 0 Å². The van der Waals surface area contributed by atoms with E-state index in [2.05, 4.69) is 32.0 Å². The molecule has 0 unspecified atom stereocenters. The SMILES string of the molecule is N#Cc1cccc2[nH]c(-c3ccc(Br)s3)nc12. The molecular weight excluding hydrogens is 298 g/mol. The molecule has 0 spiro atoms. The molecule has 82 valence electrons. The third-order valence-electron chi connectivity index (χ3n) is 2.44. The molecule has 0 amide bonds. The van der Waals surface area contributed by atoms with Gasteiger partial charge in [0.05, 0.1) is 19.7 Å². The number of nitrogens with zero attached hydrogens (tertiary/aromatic N) is 2. The molecule has 3 rings (SSSR count). The van der Waals surface area contributed by atoms with Crippen molar-refractivity contribution in [1.29, 1.82) is 5.26 Å².